The largest absolute Gasteiger partial charge is 0.455 e. The first-order valence-electron chi connectivity index (χ1n) is 10.6. The van der Waals surface area contributed by atoms with Gasteiger partial charge in [-0.05, 0) is 29.7 Å². The quantitative estimate of drug-likeness (QED) is 0.403. The number of esters is 1. The van der Waals surface area contributed by atoms with Crippen LogP contribution in [0.25, 0.3) is 11.0 Å². The van der Waals surface area contributed by atoms with Crippen molar-refractivity contribution in [2.45, 2.75) is 18.8 Å². The van der Waals surface area contributed by atoms with Crippen molar-refractivity contribution in [2.24, 2.45) is 0 Å². The smallest absolute Gasteiger partial charge is 0.312 e. The van der Waals surface area contributed by atoms with E-state index in [4.69, 9.17) is 9.26 Å². The van der Waals surface area contributed by atoms with Crippen molar-refractivity contribution in [3.05, 3.63) is 102 Å². The third-order valence-electron chi connectivity index (χ3n) is 5.29. The fourth-order valence-electron chi connectivity index (χ4n) is 3.70. The van der Waals surface area contributed by atoms with Crippen molar-refractivity contribution < 1.29 is 18.8 Å². The normalized spacial score (nSPS) is 10.9. The van der Waals surface area contributed by atoms with Gasteiger partial charge >= 0.3 is 5.97 Å². The summed E-state index contributed by atoms with van der Waals surface area (Å²) in [6.07, 6.45) is 0.688. The minimum absolute atomic E-state index is 0.0472. The summed E-state index contributed by atoms with van der Waals surface area (Å²) in [5.74, 6) is -0.686. The van der Waals surface area contributed by atoms with Crippen LogP contribution in [0.4, 0.5) is 0 Å². The zero-order chi connectivity index (χ0) is 22.2. The SMILES string of the molecule is O=C(COC(=O)Cc1noc2ccccc12)NCCC(c1ccccc1)c1ccccc1. The van der Waals surface area contributed by atoms with Crippen LogP contribution in [0.2, 0.25) is 0 Å². The van der Waals surface area contributed by atoms with E-state index in [2.05, 4.69) is 34.7 Å². The van der Waals surface area contributed by atoms with E-state index < -0.39 is 5.97 Å². The van der Waals surface area contributed by atoms with Crippen LogP contribution in [0, 0.1) is 0 Å². The molecule has 0 saturated carbocycles. The number of nitrogens with one attached hydrogen (secondary N) is 1. The molecule has 0 saturated heterocycles. The number of carbonyl (C=O) groups is 2. The average Bonchev–Trinajstić information content (AvgIpc) is 3.24. The molecule has 1 amide bonds. The molecule has 0 unspecified atom stereocenters. The Morgan fingerprint density at radius 3 is 2.19 bits per heavy atom. The summed E-state index contributed by atoms with van der Waals surface area (Å²) in [6.45, 7) is 0.148. The van der Waals surface area contributed by atoms with Crippen LogP contribution in [0.1, 0.15) is 29.2 Å². The lowest BCUT2D eigenvalue weighted by Crippen LogP contribution is -2.30. The van der Waals surface area contributed by atoms with Crippen LogP contribution in [-0.4, -0.2) is 30.2 Å². The number of amides is 1. The summed E-state index contributed by atoms with van der Waals surface area (Å²) >= 11 is 0. The summed E-state index contributed by atoms with van der Waals surface area (Å²) in [7, 11) is 0. The second kappa shape index (κ2) is 10.4. The molecule has 1 N–H and O–H groups in total. The molecule has 162 valence electrons. The number of benzene rings is 3. The van der Waals surface area contributed by atoms with Crippen molar-refractivity contribution in [3.63, 3.8) is 0 Å². The number of hydrogen-bond acceptors (Lipinski definition) is 5. The minimum Gasteiger partial charge on any atom is -0.455 e. The zero-order valence-corrected chi connectivity index (χ0v) is 17.6. The highest BCUT2D eigenvalue weighted by Crippen LogP contribution is 2.27. The Bertz CT molecular complexity index is 1130. The second-order valence-electron chi connectivity index (χ2n) is 7.48. The van der Waals surface area contributed by atoms with Gasteiger partial charge in [0.1, 0.15) is 5.69 Å². The standard InChI is InChI=1S/C26H24N2O4/c29-25(18-31-26(30)17-23-22-13-7-8-14-24(22)32-28-23)27-16-15-21(19-9-3-1-4-10-19)20-11-5-2-6-12-20/h1-14,21H,15-18H2,(H,27,29). The number of ether oxygens (including phenoxy) is 1. The topological polar surface area (TPSA) is 81.4 Å². The van der Waals surface area contributed by atoms with Gasteiger partial charge in [-0.3, -0.25) is 9.59 Å². The number of hydrogen-bond donors (Lipinski definition) is 1. The molecule has 0 radical (unpaired) electrons. The van der Waals surface area contributed by atoms with E-state index in [-0.39, 0.29) is 24.9 Å². The Kier molecular flexibility index (Phi) is 6.92. The van der Waals surface area contributed by atoms with Gasteiger partial charge in [0.2, 0.25) is 0 Å². The number of fused-ring (bicyclic) bond motifs is 1. The van der Waals surface area contributed by atoms with Crippen molar-refractivity contribution in [1.29, 1.82) is 0 Å². The number of nitrogens with zero attached hydrogens (tertiary/aromatic N) is 1. The maximum Gasteiger partial charge on any atom is 0.312 e. The highest BCUT2D eigenvalue weighted by atomic mass is 16.5. The van der Waals surface area contributed by atoms with Crippen LogP contribution in [0.5, 0.6) is 0 Å². The van der Waals surface area contributed by atoms with E-state index in [0.717, 1.165) is 11.8 Å². The van der Waals surface area contributed by atoms with Gasteiger partial charge in [0.15, 0.2) is 12.2 Å². The predicted octanol–water partition coefficient (Wildman–Crippen LogP) is 4.25. The molecule has 4 aromatic rings. The first kappa shape index (κ1) is 21.3. The average molecular weight is 428 g/mol. The van der Waals surface area contributed by atoms with E-state index in [0.29, 0.717) is 17.8 Å². The Morgan fingerprint density at radius 2 is 1.50 bits per heavy atom. The lowest BCUT2D eigenvalue weighted by Gasteiger charge is -2.18. The van der Waals surface area contributed by atoms with Gasteiger partial charge in [0, 0.05) is 17.8 Å². The van der Waals surface area contributed by atoms with Gasteiger partial charge < -0.3 is 14.6 Å². The number of para-hydroxylation sites is 1. The molecule has 0 atom stereocenters. The first-order valence-corrected chi connectivity index (χ1v) is 10.6. The van der Waals surface area contributed by atoms with Crippen LogP contribution in [0.15, 0.2) is 89.5 Å². The Hall–Kier alpha value is -3.93. The number of carbonyl (C=O) groups excluding carboxylic acids is 2. The van der Waals surface area contributed by atoms with Crippen molar-refractivity contribution in [2.75, 3.05) is 13.2 Å². The molecule has 0 aliphatic rings. The predicted molar refractivity (Wildman–Crippen MR) is 121 cm³/mol. The molecule has 32 heavy (non-hydrogen) atoms. The lowest BCUT2D eigenvalue weighted by molar-refractivity contribution is -0.147. The Balaban J connectivity index is 1.26. The Morgan fingerprint density at radius 1 is 0.875 bits per heavy atom. The Labute approximate surface area is 186 Å². The van der Waals surface area contributed by atoms with E-state index in [1.54, 1.807) is 6.07 Å². The first-order chi connectivity index (χ1) is 15.7. The fourth-order valence-corrected chi connectivity index (χ4v) is 3.70. The molecule has 4 rings (SSSR count). The van der Waals surface area contributed by atoms with E-state index in [1.807, 2.05) is 54.6 Å². The molecular weight excluding hydrogens is 404 g/mol. The molecule has 0 aliphatic heterocycles. The molecular formula is C26H24N2O4. The van der Waals surface area contributed by atoms with Gasteiger partial charge in [-0.2, -0.15) is 0 Å². The molecule has 1 aromatic heterocycles. The lowest BCUT2D eigenvalue weighted by atomic mass is 9.88. The van der Waals surface area contributed by atoms with Gasteiger partial charge in [0.25, 0.3) is 5.91 Å². The highest BCUT2D eigenvalue weighted by molar-refractivity contribution is 5.85. The maximum atomic E-state index is 12.2. The highest BCUT2D eigenvalue weighted by Gasteiger charge is 2.16. The van der Waals surface area contributed by atoms with Crippen molar-refractivity contribution in [1.82, 2.24) is 10.5 Å². The fraction of sp³-hybridized carbons (Fsp3) is 0.192. The number of aromatic nitrogens is 1. The van der Waals surface area contributed by atoms with Crippen LogP contribution >= 0.6 is 0 Å². The zero-order valence-electron chi connectivity index (χ0n) is 17.6. The van der Waals surface area contributed by atoms with Gasteiger partial charge in [0.05, 0.1) is 6.42 Å². The molecule has 3 aromatic carbocycles. The van der Waals surface area contributed by atoms with Gasteiger partial charge in [-0.25, -0.2) is 0 Å². The molecule has 0 bridgehead atoms. The van der Waals surface area contributed by atoms with Gasteiger partial charge in [-0.15, -0.1) is 0 Å². The third kappa shape index (κ3) is 5.40. The molecule has 0 aliphatic carbocycles. The summed E-state index contributed by atoms with van der Waals surface area (Å²) in [5.41, 5.74) is 3.50. The summed E-state index contributed by atoms with van der Waals surface area (Å²) < 4.78 is 10.3. The van der Waals surface area contributed by atoms with Crippen molar-refractivity contribution in [3.8, 4) is 0 Å². The molecule has 6 nitrogen and oxygen atoms in total. The van der Waals surface area contributed by atoms with E-state index in [1.165, 1.54) is 11.1 Å². The summed E-state index contributed by atoms with van der Waals surface area (Å²) in [6, 6.07) is 27.7. The molecule has 0 fully saturated rings. The summed E-state index contributed by atoms with van der Waals surface area (Å²) in [5, 5.41) is 7.52. The van der Waals surface area contributed by atoms with Gasteiger partial charge in [-0.1, -0.05) is 78.0 Å². The second-order valence-corrected chi connectivity index (χ2v) is 7.48. The minimum atomic E-state index is -0.523. The molecule has 1 heterocycles. The third-order valence-corrected chi connectivity index (χ3v) is 5.29. The van der Waals surface area contributed by atoms with E-state index in [9.17, 15) is 9.59 Å². The van der Waals surface area contributed by atoms with Crippen LogP contribution in [-0.2, 0) is 20.7 Å². The van der Waals surface area contributed by atoms with E-state index >= 15 is 0 Å². The number of rotatable bonds is 9. The van der Waals surface area contributed by atoms with Crippen LogP contribution in [0.3, 0.4) is 0 Å². The molecule has 0 spiro atoms. The molecule has 6 heteroatoms. The maximum absolute atomic E-state index is 12.2. The monoisotopic (exact) mass is 428 g/mol. The van der Waals surface area contributed by atoms with Crippen LogP contribution < -0.4 is 5.32 Å². The summed E-state index contributed by atoms with van der Waals surface area (Å²) in [4.78, 5) is 24.3. The van der Waals surface area contributed by atoms with Crippen molar-refractivity contribution >= 4 is 22.8 Å².